The fourth-order valence-electron chi connectivity index (χ4n) is 2.61. The molecule has 1 aliphatic heterocycles. The zero-order valence-corrected chi connectivity index (χ0v) is 13.7. The van der Waals surface area contributed by atoms with Crippen LogP contribution < -0.4 is 15.0 Å². The standard InChI is InChI=1S/C19H17FN2O3/c1-3-10-22-16-11-15(8-9-17(16)25-12(2)19(22)24)21-18(23)13-4-6-14(20)7-5-13/h3-9,11-12H,1,10H2,2H3,(H,21,23). The third-order valence-corrected chi connectivity index (χ3v) is 3.84. The van der Waals surface area contributed by atoms with Gasteiger partial charge in [0.2, 0.25) is 0 Å². The minimum Gasteiger partial charge on any atom is -0.479 e. The Bertz CT molecular complexity index is 833. The highest BCUT2D eigenvalue weighted by atomic mass is 19.1. The summed E-state index contributed by atoms with van der Waals surface area (Å²) in [6.07, 6.45) is 1.05. The van der Waals surface area contributed by atoms with E-state index in [1.165, 1.54) is 24.3 Å². The highest BCUT2D eigenvalue weighted by Crippen LogP contribution is 2.36. The van der Waals surface area contributed by atoms with Crippen LogP contribution in [0.4, 0.5) is 15.8 Å². The molecule has 1 heterocycles. The van der Waals surface area contributed by atoms with Gasteiger partial charge in [-0.05, 0) is 49.4 Å². The van der Waals surface area contributed by atoms with Gasteiger partial charge in [0.25, 0.3) is 11.8 Å². The number of benzene rings is 2. The number of fused-ring (bicyclic) bond motifs is 1. The molecule has 5 nitrogen and oxygen atoms in total. The molecule has 0 aliphatic carbocycles. The number of halogens is 1. The summed E-state index contributed by atoms with van der Waals surface area (Å²) in [6.45, 7) is 5.70. The highest BCUT2D eigenvalue weighted by molar-refractivity contribution is 6.05. The molecule has 3 rings (SSSR count). The van der Waals surface area contributed by atoms with E-state index in [0.717, 1.165) is 0 Å². The lowest BCUT2D eigenvalue weighted by molar-refractivity contribution is -0.125. The lowest BCUT2D eigenvalue weighted by Gasteiger charge is -2.32. The molecule has 1 N–H and O–H groups in total. The second-order valence-electron chi connectivity index (χ2n) is 5.64. The SMILES string of the molecule is C=CCN1C(=O)C(C)Oc2ccc(NC(=O)c3ccc(F)cc3)cc21. The van der Waals surface area contributed by atoms with E-state index in [1.54, 1.807) is 36.1 Å². The van der Waals surface area contributed by atoms with Crippen LogP contribution in [0.1, 0.15) is 17.3 Å². The van der Waals surface area contributed by atoms with E-state index in [9.17, 15) is 14.0 Å². The number of ether oxygens (including phenoxy) is 1. The lowest BCUT2D eigenvalue weighted by atomic mass is 10.1. The molecule has 0 bridgehead atoms. The maximum absolute atomic E-state index is 13.0. The van der Waals surface area contributed by atoms with Crippen LogP contribution in [0.2, 0.25) is 0 Å². The number of nitrogens with zero attached hydrogens (tertiary/aromatic N) is 1. The third kappa shape index (κ3) is 3.38. The molecule has 1 atom stereocenters. The van der Waals surface area contributed by atoms with E-state index < -0.39 is 11.9 Å². The van der Waals surface area contributed by atoms with Gasteiger partial charge in [-0.25, -0.2) is 4.39 Å². The number of nitrogens with one attached hydrogen (secondary N) is 1. The van der Waals surface area contributed by atoms with E-state index in [4.69, 9.17) is 4.74 Å². The number of carbonyl (C=O) groups is 2. The minimum atomic E-state index is -0.577. The van der Waals surface area contributed by atoms with Crippen LogP contribution in [0.5, 0.6) is 5.75 Å². The van der Waals surface area contributed by atoms with Gasteiger partial charge in [-0.3, -0.25) is 9.59 Å². The molecule has 25 heavy (non-hydrogen) atoms. The number of carbonyl (C=O) groups excluding carboxylic acids is 2. The molecule has 6 heteroatoms. The van der Waals surface area contributed by atoms with Gasteiger partial charge in [-0.2, -0.15) is 0 Å². The van der Waals surface area contributed by atoms with Crippen LogP contribution in [-0.4, -0.2) is 24.5 Å². The Morgan fingerprint density at radius 1 is 1.32 bits per heavy atom. The normalized spacial score (nSPS) is 16.0. The van der Waals surface area contributed by atoms with E-state index in [-0.39, 0.29) is 11.8 Å². The third-order valence-electron chi connectivity index (χ3n) is 3.84. The molecule has 0 spiro atoms. The number of hydrogen-bond donors (Lipinski definition) is 1. The summed E-state index contributed by atoms with van der Waals surface area (Å²) in [5.74, 6) is -0.384. The van der Waals surface area contributed by atoms with Gasteiger partial charge in [-0.15, -0.1) is 6.58 Å². The summed E-state index contributed by atoms with van der Waals surface area (Å²) >= 11 is 0. The number of amides is 2. The Balaban J connectivity index is 1.87. The Hall–Kier alpha value is -3.15. The Morgan fingerprint density at radius 2 is 2.04 bits per heavy atom. The number of hydrogen-bond acceptors (Lipinski definition) is 3. The maximum Gasteiger partial charge on any atom is 0.268 e. The van der Waals surface area contributed by atoms with Crippen molar-refractivity contribution in [1.82, 2.24) is 0 Å². The molecule has 0 saturated carbocycles. The zero-order valence-electron chi connectivity index (χ0n) is 13.7. The largest absolute Gasteiger partial charge is 0.479 e. The minimum absolute atomic E-state index is 0.172. The fourth-order valence-corrected chi connectivity index (χ4v) is 2.61. The van der Waals surface area contributed by atoms with Crippen molar-refractivity contribution in [2.45, 2.75) is 13.0 Å². The second-order valence-corrected chi connectivity index (χ2v) is 5.64. The molecule has 0 saturated heterocycles. The average molecular weight is 340 g/mol. The van der Waals surface area contributed by atoms with Crippen molar-refractivity contribution in [2.75, 3.05) is 16.8 Å². The molecule has 0 aromatic heterocycles. The topological polar surface area (TPSA) is 58.6 Å². The Morgan fingerprint density at radius 3 is 2.72 bits per heavy atom. The smallest absolute Gasteiger partial charge is 0.268 e. The van der Waals surface area contributed by atoms with Crippen LogP contribution in [-0.2, 0) is 4.79 Å². The molecular weight excluding hydrogens is 323 g/mol. The number of rotatable bonds is 4. The molecule has 128 valence electrons. The molecule has 1 unspecified atom stereocenters. The molecule has 2 aromatic rings. The van der Waals surface area contributed by atoms with Gasteiger partial charge in [0, 0.05) is 17.8 Å². The highest BCUT2D eigenvalue weighted by Gasteiger charge is 2.31. The van der Waals surface area contributed by atoms with Gasteiger partial charge >= 0.3 is 0 Å². The van der Waals surface area contributed by atoms with Crippen LogP contribution >= 0.6 is 0 Å². The fraction of sp³-hybridized carbons (Fsp3) is 0.158. The van der Waals surface area contributed by atoms with Crippen molar-refractivity contribution < 1.29 is 18.7 Å². The first-order chi connectivity index (χ1) is 12.0. The van der Waals surface area contributed by atoms with E-state index in [2.05, 4.69) is 11.9 Å². The van der Waals surface area contributed by atoms with E-state index in [1.807, 2.05) is 0 Å². The number of anilines is 2. The van der Waals surface area contributed by atoms with Gasteiger partial charge in [0.05, 0.1) is 5.69 Å². The van der Waals surface area contributed by atoms with Crippen LogP contribution in [0.3, 0.4) is 0 Å². The maximum atomic E-state index is 13.0. The van der Waals surface area contributed by atoms with Gasteiger partial charge in [-0.1, -0.05) is 6.08 Å². The zero-order chi connectivity index (χ0) is 18.0. The summed E-state index contributed by atoms with van der Waals surface area (Å²) in [4.78, 5) is 26.1. The van der Waals surface area contributed by atoms with Gasteiger partial charge in [0.15, 0.2) is 6.10 Å². The van der Waals surface area contributed by atoms with Gasteiger partial charge in [0.1, 0.15) is 11.6 Å². The molecule has 0 radical (unpaired) electrons. The molecule has 2 amide bonds. The summed E-state index contributed by atoms with van der Waals surface area (Å²) in [7, 11) is 0. The Labute approximate surface area is 144 Å². The van der Waals surface area contributed by atoms with Crippen LogP contribution in [0.25, 0.3) is 0 Å². The van der Waals surface area contributed by atoms with Crippen molar-refractivity contribution in [3.8, 4) is 5.75 Å². The van der Waals surface area contributed by atoms with E-state index in [0.29, 0.717) is 29.2 Å². The van der Waals surface area contributed by atoms with E-state index >= 15 is 0 Å². The molecule has 2 aromatic carbocycles. The molecular formula is C19H17FN2O3. The van der Waals surface area contributed by atoms with Crippen molar-refractivity contribution >= 4 is 23.2 Å². The first kappa shape index (κ1) is 16.7. The first-order valence-corrected chi connectivity index (χ1v) is 7.79. The van der Waals surface area contributed by atoms with Crippen molar-refractivity contribution in [1.29, 1.82) is 0 Å². The average Bonchev–Trinajstić information content (AvgIpc) is 2.60. The summed E-state index contributed by atoms with van der Waals surface area (Å²) in [5.41, 5.74) is 1.41. The monoisotopic (exact) mass is 340 g/mol. The molecule has 0 fully saturated rings. The predicted octanol–water partition coefficient (Wildman–Crippen LogP) is 3.38. The van der Waals surface area contributed by atoms with Crippen molar-refractivity contribution in [3.05, 3.63) is 66.5 Å². The first-order valence-electron chi connectivity index (χ1n) is 7.79. The van der Waals surface area contributed by atoms with Crippen LogP contribution in [0.15, 0.2) is 55.1 Å². The van der Waals surface area contributed by atoms with Crippen molar-refractivity contribution in [3.63, 3.8) is 0 Å². The molecule has 1 aliphatic rings. The van der Waals surface area contributed by atoms with Crippen molar-refractivity contribution in [2.24, 2.45) is 0 Å². The lowest BCUT2D eigenvalue weighted by Crippen LogP contribution is -2.44. The van der Waals surface area contributed by atoms with Crippen LogP contribution in [0, 0.1) is 5.82 Å². The Kier molecular flexibility index (Phi) is 4.52. The summed E-state index contributed by atoms with van der Waals surface area (Å²) in [5, 5.41) is 2.74. The second kappa shape index (κ2) is 6.76. The van der Waals surface area contributed by atoms with Gasteiger partial charge < -0.3 is 15.0 Å². The summed E-state index contributed by atoms with van der Waals surface area (Å²) < 4.78 is 18.6. The predicted molar refractivity (Wildman–Crippen MR) is 93.4 cm³/mol. The summed E-state index contributed by atoms with van der Waals surface area (Å²) in [6, 6.07) is 10.3. The quantitative estimate of drug-likeness (QED) is 0.868.